The first-order chi connectivity index (χ1) is 9.96. The molecule has 1 aliphatic carbocycles. The Morgan fingerprint density at radius 3 is 2.62 bits per heavy atom. The van der Waals surface area contributed by atoms with Crippen molar-refractivity contribution >= 4 is 0 Å². The minimum atomic E-state index is 0.0594. The number of rotatable bonds is 5. The van der Waals surface area contributed by atoms with Gasteiger partial charge in [-0.15, -0.1) is 0 Å². The average molecular weight is 289 g/mol. The van der Waals surface area contributed by atoms with Crippen LogP contribution in [0.4, 0.5) is 0 Å². The fraction of sp³-hybridized carbons (Fsp3) is 0.684. The highest BCUT2D eigenvalue weighted by molar-refractivity contribution is 5.39. The Hall–Kier alpha value is -1.02. The summed E-state index contributed by atoms with van der Waals surface area (Å²) in [6, 6.07) is 8.79. The Bertz CT molecular complexity index is 455. The fourth-order valence-electron chi connectivity index (χ4n) is 3.86. The SMILES string of the molecule is CCCOc1ccccc1C(C)(C)C1CCC(C)CC1N. The van der Waals surface area contributed by atoms with Crippen LogP contribution in [0.5, 0.6) is 5.75 Å². The molecule has 3 atom stereocenters. The van der Waals surface area contributed by atoms with Crippen LogP contribution in [0.25, 0.3) is 0 Å². The molecule has 2 nitrogen and oxygen atoms in total. The number of hydrogen-bond donors (Lipinski definition) is 1. The van der Waals surface area contributed by atoms with E-state index in [0.717, 1.165) is 31.1 Å². The van der Waals surface area contributed by atoms with E-state index >= 15 is 0 Å². The zero-order valence-corrected chi connectivity index (χ0v) is 14.1. The van der Waals surface area contributed by atoms with E-state index in [2.05, 4.69) is 52.0 Å². The average Bonchev–Trinajstić information content (AvgIpc) is 2.45. The zero-order valence-electron chi connectivity index (χ0n) is 14.1. The van der Waals surface area contributed by atoms with Crippen molar-refractivity contribution in [2.75, 3.05) is 6.61 Å². The van der Waals surface area contributed by atoms with E-state index in [0.29, 0.717) is 12.0 Å². The summed E-state index contributed by atoms with van der Waals surface area (Å²) in [7, 11) is 0. The lowest BCUT2D eigenvalue weighted by molar-refractivity contribution is 0.167. The van der Waals surface area contributed by atoms with Crippen molar-refractivity contribution in [3.05, 3.63) is 29.8 Å². The predicted octanol–water partition coefficient (Wildman–Crippen LogP) is 4.52. The molecule has 0 aliphatic heterocycles. The number of nitrogens with two attached hydrogens (primary N) is 1. The van der Waals surface area contributed by atoms with Crippen LogP contribution in [-0.4, -0.2) is 12.6 Å². The first kappa shape index (κ1) is 16.4. The third-order valence-electron chi connectivity index (χ3n) is 5.13. The molecule has 2 rings (SSSR count). The summed E-state index contributed by atoms with van der Waals surface area (Å²) in [6.07, 6.45) is 4.69. The summed E-state index contributed by atoms with van der Waals surface area (Å²) >= 11 is 0. The topological polar surface area (TPSA) is 35.2 Å². The van der Waals surface area contributed by atoms with Crippen molar-refractivity contribution < 1.29 is 4.74 Å². The van der Waals surface area contributed by atoms with Crippen molar-refractivity contribution in [1.82, 2.24) is 0 Å². The van der Waals surface area contributed by atoms with Gasteiger partial charge >= 0.3 is 0 Å². The summed E-state index contributed by atoms with van der Waals surface area (Å²) in [5.41, 5.74) is 7.88. The second-order valence-corrected chi connectivity index (χ2v) is 7.25. The molecule has 0 amide bonds. The van der Waals surface area contributed by atoms with Gasteiger partial charge in [-0.1, -0.05) is 52.3 Å². The minimum Gasteiger partial charge on any atom is -0.493 e. The highest BCUT2D eigenvalue weighted by atomic mass is 16.5. The molecule has 0 saturated heterocycles. The van der Waals surface area contributed by atoms with Crippen LogP contribution in [0, 0.1) is 11.8 Å². The van der Waals surface area contributed by atoms with E-state index in [4.69, 9.17) is 10.5 Å². The van der Waals surface area contributed by atoms with Gasteiger partial charge in [0.25, 0.3) is 0 Å². The zero-order chi connectivity index (χ0) is 15.5. The lowest BCUT2D eigenvalue weighted by atomic mass is 9.63. The van der Waals surface area contributed by atoms with E-state index in [1.54, 1.807) is 0 Å². The third-order valence-corrected chi connectivity index (χ3v) is 5.13. The second kappa shape index (κ2) is 6.83. The first-order valence-electron chi connectivity index (χ1n) is 8.44. The molecule has 1 fully saturated rings. The normalized spacial score (nSPS) is 26.6. The Morgan fingerprint density at radius 2 is 1.95 bits per heavy atom. The monoisotopic (exact) mass is 289 g/mol. The van der Waals surface area contributed by atoms with Gasteiger partial charge in [-0.2, -0.15) is 0 Å². The Balaban J connectivity index is 2.26. The molecule has 1 aliphatic rings. The number of hydrogen-bond acceptors (Lipinski definition) is 2. The van der Waals surface area contributed by atoms with E-state index in [9.17, 15) is 0 Å². The smallest absolute Gasteiger partial charge is 0.123 e. The van der Waals surface area contributed by atoms with Crippen molar-refractivity contribution in [3.8, 4) is 5.75 Å². The molecule has 1 aromatic carbocycles. The molecule has 0 heterocycles. The largest absolute Gasteiger partial charge is 0.493 e. The molecule has 118 valence electrons. The summed E-state index contributed by atoms with van der Waals surface area (Å²) in [4.78, 5) is 0. The maximum Gasteiger partial charge on any atom is 0.123 e. The van der Waals surface area contributed by atoms with Crippen molar-refractivity contribution in [3.63, 3.8) is 0 Å². The van der Waals surface area contributed by atoms with Crippen LogP contribution < -0.4 is 10.5 Å². The van der Waals surface area contributed by atoms with E-state index in [1.165, 1.54) is 18.4 Å². The third kappa shape index (κ3) is 3.60. The van der Waals surface area contributed by atoms with Crippen LogP contribution in [0.15, 0.2) is 24.3 Å². The molecule has 2 heteroatoms. The summed E-state index contributed by atoms with van der Waals surface area (Å²) in [5, 5.41) is 0. The number of ether oxygens (including phenoxy) is 1. The van der Waals surface area contributed by atoms with E-state index < -0.39 is 0 Å². The minimum absolute atomic E-state index is 0.0594. The second-order valence-electron chi connectivity index (χ2n) is 7.25. The Kier molecular flexibility index (Phi) is 5.32. The van der Waals surface area contributed by atoms with E-state index in [1.807, 2.05) is 0 Å². The van der Waals surface area contributed by atoms with Gasteiger partial charge < -0.3 is 10.5 Å². The Labute approximate surface area is 130 Å². The first-order valence-corrected chi connectivity index (χ1v) is 8.44. The predicted molar refractivity (Wildman–Crippen MR) is 89.7 cm³/mol. The molecule has 0 bridgehead atoms. The van der Waals surface area contributed by atoms with E-state index in [-0.39, 0.29) is 5.41 Å². The van der Waals surface area contributed by atoms with Crippen LogP contribution in [0.1, 0.15) is 58.9 Å². The molecule has 0 aromatic heterocycles. The summed E-state index contributed by atoms with van der Waals surface area (Å²) in [6.45, 7) is 9.91. The molecule has 21 heavy (non-hydrogen) atoms. The molecule has 0 radical (unpaired) electrons. The van der Waals surface area contributed by atoms with Gasteiger partial charge in [0, 0.05) is 11.6 Å². The van der Waals surface area contributed by atoms with Crippen LogP contribution in [-0.2, 0) is 5.41 Å². The number of para-hydroxylation sites is 1. The summed E-state index contributed by atoms with van der Waals surface area (Å²) < 4.78 is 5.98. The van der Waals surface area contributed by atoms with Gasteiger partial charge in [-0.05, 0) is 42.6 Å². The number of benzene rings is 1. The molecule has 1 aromatic rings. The van der Waals surface area contributed by atoms with Gasteiger partial charge in [0.1, 0.15) is 5.75 Å². The standard InChI is InChI=1S/C19H31NO/c1-5-12-21-18-9-7-6-8-16(18)19(3,4)15-11-10-14(2)13-17(15)20/h6-9,14-15,17H,5,10-13,20H2,1-4H3. The van der Waals surface area contributed by atoms with Gasteiger partial charge in [-0.25, -0.2) is 0 Å². The molecular weight excluding hydrogens is 258 g/mol. The Morgan fingerprint density at radius 1 is 1.24 bits per heavy atom. The highest BCUT2D eigenvalue weighted by Gasteiger charge is 2.39. The van der Waals surface area contributed by atoms with Crippen LogP contribution >= 0.6 is 0 Å². The molecule has 1 saturated carbocycles. The van der Waals surface area contributed by atoms with Crippen molar-refractivity contribution in [1.29, 1.82) is 0 Å². The van der Waals surface area contributed by atoms with Gasteiger partial charge in [0.2, 0.25) is 0 Å². The molecule has 0 spiro atoms. The lowest BCUT2D eigenvalue weighted by Crippen LogP contribution is -2.45. The van der Waals surface area contributed by atoms with Gasteiger partial charge in [0.05, 0.1) is 6.61 Å². The van der Waals surface area contributed by atoms with Crippen molar-refractivity contribution in [2.24, 2.45) is 17.6 Å². The van der Waals surface area contributed by atoms with Gasteiger partial charge in [-0.3, -0.25) is 0 Å². The molecular formula is C19H31NO. The molecule has 3 unspecified atom stereocenters. The van der Waals surface area contributed by atoms with Crippen molar-refractivity contribution in [2.45, 2.75) is 64.8 Å². The van der Waals surface area contributed by atoms with Crippen LogP contribution in [0.2, 0.25) is 0 Å². The lowest BCUT2D eigenvalue weighted by Gasteiger charge is -2.43. The van der Waals surface area contributed by atoms with Gasteiger partial charge in [0.15, 0.2) is 0 Å². The summed E-state index contributed by atoms with van der Waals surface area (Å²) in [5.74, 6) is 2.33. The maximum atomic E-state index is 6.50. The van der Waals surface area contributed by atoms with Crippen LogP contribution in [0.3, 0.4) is 0 Å². The quantitative estimate of drug-likeness (QED) is 0.865. The fourth-order valence-corrected chi connectivity index (χ4v) is 3.86. The highest BCUT2D eigenvalue weighted by Crippen LogP contribution is 2.44. The maximum absolute atomic E-state index is 6.50. The molecule has 2 N–H and O–H groups in total.